The van der Waals surface area contributed by atoms with Gasteiger partial charge in [0.2, 0.25) is 5.91 Å². The number of hydrogen-bond donors (Lipinski definition) is 1. The van der Waals surface area contributed by atoms with E-state index in [2.05, 4.69) is 0 Å². The third-order valence-electron chi connectivity index (χ3n) is 3.31. The Morgan fingerprint density at radius 3 is 2.32 bits per heavy atom. The Labute approximate surface area is 128 Å². The summed E-state index contributed by atoms with van der Waals surface area (Å²) < 4.78 is 13.0. The SMILES string of the molecule is Cc1ccc(C)c(N(CC(N)=O)C(=O)c2ccc(F)cc2)c1. The molecule has 2 amide bonds. The van der Waals surface area contributed by atoms with E-state index in [0.29, 0.717) is 11.3 Å². The number of carbonyl (C=O) groups excluding carboxylic acids is 2. The number of aryl methyl sites for hydroxylation is 2. The summed E-state index contributed by atoms with van der Waals surface area (Å²) in [5.74, 6) is -1.44. The lowest BCUT2D eigenvalue weighted by Crippen LogP contribution is -2.39. The van der Waals surface area contributed by atoms with Gasteiger partial charge in [-0.1, -0.05) is 12.1 Å². The van der Waals surface area contributed by atoms with Crippen molar-refractivity contribution in [1.29, 1.82) is 0 Å². The van der Waals surface area contributed by atoms with Crippen LogP contribution in [0, 0.1) is 19.7 Å². The zero-order chi connectivity index (χ0) is 16.3. The molecule has 0 radical (unpaired) electrons. The Morgan fingerprint density at radius 2 is 1.73 bits per heavy atom. The van der Waals surface area contributed by atoms with Gasteiger partial charge in [-0.25, -0.2) is 4.39 Å². The largest absolute Gasteiger partial charge is 0.368 e. The Kier molecular flexibility index (Phi) is 4.56. The summed E-state index contributed by atoms with van der Waals surface area (Å²) in [6.07, 6.45) is 0. The quantitative estimate of drug-likeness (QED) is 0.943. The summed E-state index contributed by atoms with van der Waals surface area (Å²) in [4.78, 5) is 25.3. The van der Waals surface area contributed by atoms with Crippen molar-refractivity contribution in [1.82, 2.24) is 0 Å². The molecule has 0 saturated carbocycles. The second-order valence-corrected chi connectivity index (χ2v) is 5.15. The monoisotopic (exact) mass is 300 g/mol. The summed E-state index contributed by atoms with van der Waals surface area (Å²) in [6.45, 7) is 3.51. The van der Waals surface area contributed by atoms with Crippen LogP contribution in [0.3, 0.4) is 0 Å². The zero-order valence-corrected chi connectivity index (χ0v) is 12.5. The number of carbonyl (C=O) groups is 2. The van der Waals surface area contributed by atoms with Crippen molar-refractivity contribution in [3.8, 4) is 0 Å². The maximum atomic E-state index is 13.0. The van der Waals surface area contributed by atoms with Crippen LogP contribution in [0.4, 0.5) is 10.1 Å². The van der Waals surface area contributed by atoms with E-state index in [-0.39, 0.29) is 6.54 Å². The normalized spacial score (nSPS) is 10.3. The van der Waals surface area contributed by atoms with Gasteiger partial charge in [-0.2, -0.15) is 0 Å². The molecule has 0 aliphatic heterocycles. The van der Waals surface area contributed by atoms with E-state index in [1.165, 1.54) is 29.2 Å². The number of rotatable bonds is 4. The van der Waals surface area contributed by atoms with Gasteiger partial charge < -0.3 is 5.73 Å². The first-order valence-corrected chi connectivity index (χ1v) is 6.81. The number of amides is 2. The van der Waals surface area contributed by atoms with Crippen LogP contribution >= 0.6 is 0 Å². The lowest BCUT2D eigenvalue weighted by Gasteiger charge is -2.23. The average Bonchev–Trinajstić information content (AvgIpc) is 2.47. The number of anilines is 1. The topological polar surface area (TPSA) is 63.4 Å². The molecule has 0 spiro atoms. The third-order valence-corrected chi connectivity index (χ3v) is 3.31. The molecule has 22 heavy (non-hydrogen) atoms. The smallest absolute Gasteiger partial charge is 0.258 e. The van der Waals surface area contributed by atoms with Crippen LogP contribution in [-0.2, 0) is 4.79 Å². The van der Waals surface area contributed by atoms with Crippen LogP contribution in [0.2, 0.25) is 0 Å². The summed E-state index contributed by atoms with van der Waals surface area (Å²) in [5.41, 5.74) is 7.99. The van der Waals surface area contributed by atoms with Crippen molar-refractivity contribution in [3.05, 3.63) is 65.0 Å². The minimum atomic E-state index is -0.614. The number of primary amides is 1. The Bertz CT molecular complexity index is 711. The number of nitrogens with two attached hydrogens (primary N) is 1. The van der Waals surface area contributed by atoms with Crippen LogP contribution < -0.4 is 10.6 Å². The lowest BCUT2D eigenvalue weighted by atomic mass is 10.1. The Morgan fingerprint density at radius 1 is 1.09 bits per heavy atom. The molecule has 2 aromatic rings. The van der Waals surface area contributed by atoms with Crippen molar-refractivity contribution in [2.24, 2.45) is 5.73 Å². The van der Waals surface area contributed by atoms with Crippen molar-refractivity contribution < 1.29 is 14.0 Å². The molecule has 0 aliphatic rings. The fraction of sp³-hybridized carbons (Fsp3) is 0.176. The molecule has 2 rings (SSSR count). The van der Waals surface area contributed by atoms with E-state index in [4.69, 9.17) is 5.73 Å². The highest BCUT2D eigenvalue weighted by molar-refractivity contribution is 6.09. The lowest BCUT2D eigenvalue weighted by molar-refractivity contribution is -0.116. The molecule has 0 unspecified atom stereocenters. The molecule has 2 aromatic carbocycles. The predicted molar refractivity (Wildman–Crippen MR) is 83.2 cm³/mol. The van der Waals surface area contributed by atoms with Gasteiger partial charge in [-0.15, -0.1) is 0 Å². The molecule has 4 nitrogen and oxygen atoms in total. The fourth-order valence-corrected chi connectivity index (χ4v) is 2.18. The number of halogens is 1. The number of nitrogens with zero attached hydrogens (tertiary/aromatic N) is 1. The molecule has 114 valence electrons. The summed E-state index contributed by atoms with van der Waals surface area (Å²) in [5, 5.41) is 0. The van der Waals surface area contributed by atoms with Gasteiger partial charge in [0.25, 0.3) is 5.91 Å². The highest BCUT2D eigenvalue weighted by Crippen LogP contribution is 2.23. The van der Waals surface area contributed by atoms with E-state index >= 15 is 0 Å². The Hall–Kier alpha value is -2.69. The molecule has 0 heterocycles. The van der Waals surface area contributed by atoms with Gasteiger partial charge in [0, 0.05) is 11.3 Å². The van der Waals surface area contributed by atoms with Crippen LogP contribution in [0.5, 0.6) is 0 Å². The van der Waals surface area contributed by atoms with Gasteiger partial charge in [0.05, 0.1) is 0 Å². The minimum absolute atomic E-state index is 0.236. The molecular formula is C17H17FN2O2. The van der Waals surface area contributed by atoms with Gasteiger partial charge in [0.15, 0.2) is 0 Å². The Balaban J connectivity index is 2.45. The fourth-order valence-electron chi connectivity index (χ4n) is 2.18. The van der Waals surface area contributed by atoms with Crippen LogP contribution in [-0.4, -0.2) is 18.4 Å². The van der Waals surface area contributed by atoms with Crippen molar-refractivity contribution in [3.63, 3.8) is 0 Å². The van der Waals surface area contributed by atoms with Crippen LogP contribution in [0.1, 0.15) is 21.5 Å². The summed E-state index contributed by atoms with van der Waals surface area (Å²) in [7, 11) is 0. The van der Waals surface area contributed by atoms with Crippen LogP contribution in [0.25, 0.3) is 0 Å². The summed E-state index contributed by atoms with van der Waals surface area (Å²) in [6, 6.07) is 10.8. The predicted octanol–water partition coefficient (Wildman–Crippen LogP) is 2.57. The minimum Gasteiger partial charge on any atom is -0.368 e. The first-order valence-electron chi connectivity index (χ1n) is 6.81. The standard InChI is InChI=1S/C17H17FN2O2/c1-11-3-4-12(2)15(9-11)20(10-16(19)21)17(22)13-5-7-14(18)8-6-13/h3-9H,10H2,1-2H3,(H2,19,21). The van der Waals surface area contributed by atoms with Crippen molar-refractivity contribution >= 4 is 17.5 Å². The van der Waals surface area contributed by atoms with Gasteiger partial charge in [-0.05, 0) is 55.3 Å². The molecule has 0 atom stereocenters. The molecule has 0 fully saturated rings. The first-order chi connectivity index (χ1) is 10.4. The molecule has 0 aromatic heterocycles. The second-order valence-electron chi connectivity index (χ2n) is 5.15. The first kappa shape index (κ1) is 15.7. The molecule has 0 saturated heterocycles. The van der Waals surface area contributed by atoms with E-state index in [0.717, 1.165) is 11.1 Å². The van der Waals surface area contributed by atoms with E-state index < -0.39 is 17.6 Å². The molecule has 0 aliphatic carbocycles. The van der Waals surface area contributed by atoms with E-state index in [1.54, 1.807) is 0 Å². The van der Waals surface area contributed by atoms with E-state index in [1.807, 2.05) is 32.0 Å². The number of benzene rings is 2. The highest BCUT2D eigenvalue weighted by Gasteiger charge is 2.21. The molecule has 5 heteroatoms. The number of hydrogen-bond acceptors (Lipinski definition) is 2. The molecule has 0 bridgehead atoms. The highest BCUT2D eigenvalue weighted by atomic mass is 19.1. The van der Waals surface area contributed by atoms with Gasteiger partial charge >= 0.3 is 0 Å². The maximum absolute atomic E-state index is 13.0. The summed E-state index contributed by atoms with van der Waals surface area (Å²) >= 11 is 0. The van der Waals surface area contributed by atoms with Gasteiger partial charge in [0.1, 0.15) is 12.4 Å². The maximum Gasteiger partial charge on any atom is 0.258 e. The van der Waals surface area contributed by atoms with Crippen LogP contribution in [0.15, 0.2) is 42.5 Å². The molecule has 2 N–H and O–H groups in total. The molecular weight excluding hydrogens is 283 g/mol. The van der Waals surface area contributed by atoms with Gasteiger partial charge in [-0.3, -0.25) is 14.5 Å². The second kappa shape index (κ2) is 6.39. The van der Waals surface area contributed by atoms with E-state index in [9.17, 15) is 14.0 Å². The van der Waals surface area contributed by atoms with Crippen molar-refractivity contribution in [2.75, 3.05) is 11.4 Å². The third kappa shape index (κ3) is 3.49. The zero-order valence-electron chi connectivity index (χ0n) is 12.5. The average molecular weight is 300 g/mol. The van der Waals surface area contributed by atoms with Crippen molar-refractivity contribution in [2.45, 2.75) is 13.8 Å².